The molecular formula is C33H50O7Si2. The largest absolute Gasteiger partial charge is 0.496 e. The average molecular weight is 615 g/mol. The Bertz CT molecular complexity index is 1300. The standard InChI is InChI=1S/C33H50O7Si2/c1-11-41(12-2,13-3)39-27-21-24(31(33(7)32(27)38-33)40-42(14-4,15-5)16-6)29(34)23-20-26(36-9)22-18-17-19-25(35-8)28(22)30(23)37-10/h17-21,27,31-32H,11-16H2,1-10H3/t27-,31-,32+,33-/m1/s1. The fourth-order valence-electron chi connectivity index (χ4n) is 6.77. The summed E-state index contributed by atoms with van der Waals surface area (Å²) in [4.78, 5) is 14.9. The van der Waals surface area contributed by atoms with Crippen LogP contribution in [0.2, 0.25) is 36.3 Å². The molecule has 1 heterocycles. The van der Waals surface area contributed by atoms with E-state index >= 15 is 0 Å². The second-order valence-corrected chi connectivity index (χ2v) is 21.2. The van der Waals surface area contributed by atoms with Gasteiger partial charge in [-0.05, 0) is 61.4 Å². The van der Waals surface area contributed by atoms with Crippen molar-refractivity contribution in [3.8, 4) is 17.2 Å². The molecule has 2 aromatic carbocycles. The second-order valence-electron chi connectivity index (χ2n) is 11.8. The lowest BCUT2D eigenvalue weighted by Gasteiger charge is -2.40. The van der Waals surface area contributed by atoms with Crippen LogP contribution in [0.1, 0.15) is 58.8 Å². The topological polar surface area (TPSA) is 75.8 Å². The smallest absolute Gasteiger partial charge is 0.195 e. The van der Waals surface area contributed by atoms with Gasteiger partial charge in [0.05, 0.1) is 38.4 Å². The maximum atomic E-state index is 14.9. The Morgan fingerprint density at radius 2 is 1.40 bits per heavy atom. The fraction of sp³-hybridized carbons (Fsp3) is 0.606. The van der Waals surface area contributed by atoms with Crippen LogP contribution >= 0.6 is 0 Å². The van der Waals surface area contributed by atoms with Crippen molar-refractivity contribution in [3.63, 3.8) is 0 Å². The SMILES string of the molecule is CC[Si](CC)(CC)O[C@@H]1C(C(=O)c2cc(OC)c3cccc(OC)c3c2OC)=C[C@@H](O[Si](CC)(CC)CC)[C@@H]2O[C@]12C. The summed E-state index contributed by atoms with van der Waals surface area (Å²) in [6.45, 7) is 15.4. The maximum absolute atomic E-state index is 14.9. The predicted octanol–water partition coefficient (Wildman–Crippen LogP) is 7.93. The lowest BCUT2D eigenvalue weighted by atomic mass is 9.82. The van der Waals surface area contributed by atoms with Gasteiger partial charge in [0.15, 0.2) is 22.4 Å². The summed E-state index contributed by atoms with van der Waals surface area (Å²) in [5.41, 5.74) is 0.363. The monoisotopic (exact) mass is 614 g/mol. The number of rotatable bonds is 15. The minimum absolute atomic E-state index is 0.138. The van der Waals surface area contributed by atoms with E-state index in [1.807, 2.05) is 24.3 Å². The molecule has 4 atom stereocenters. The number of epoxide rings is 1. The van der Waals surface area contributed by atoms with E-state index in [0.29, 0.717) is 33.8 Å². The molecule has 1 aliphatic heterocycles. The van der Waals surface area contributed by atoms with E-state index in [9.17, 15) is 4.79 Å². The van der Waals surface area contributed by atoms with Gasteiger partial charge < -0.3 is 27.8 Å². The number of Topliss-reactive ketones (excluding diaryl/α,β-unsaturated/α-hetero) is 1. The minimum Gasteiger partial charge on any atom is -0.496 e. The Morgan fingerprint density at radius 1 is 0.833 bits per heavy atom. The number of ether oxygens (including phenoxy) is 4. The normalized spacial score (nSPS) is 23.8. The number of hydrogen-bond acceptors (Lipinski definition) is 7. The van der Waals surface area contributed by atoms with Crippen molar-refractivity contribution in [2.24, 2.45) is 0 Å². The van der Waals surface area contributed by atoms with Crippen LogP contribution in [-0.2, 0) is 13.6 Å². The summed E-state index contributed by atoms with van der Waals surface area (Å²) in [6, 6.07) is 13.5. The molecule has 0 spiro atoms. The summed E-state index contributed by atoms with van der Waals surface area (Å²) >= 11 is 0. The first-order chi connectivity index (χ1) is 20.1. The number of ketones is 1. The van der Waals surface area contributed by atoms with Gasteiger partial charge in [-0.2, -0.15) is 0 Å². The average Bonchev–Trinajstić information content (AvgIpc) is 3.74. The van der Waals surface area contributed by atoms with Gasteiger partial charge in [-0.15, -0.1) is 0 Å². The van der Waals surface area contributed by atoms with Crippen molar-refractivity contribution < 1.29 is 32.6 Å². The molecular weight excluding hydrogens is 565 g/mol. The van der Waals surface area contributed by atoms with Crippen LogP contribution in [0.15, 0.2) is 35.9 Å². The molecule has 0 aromatic heterocycles. The summed E-state index contributed by atoms with van der Waals surface area (Å²) < 4.78 is 38.1. The maximum Gasteiger partial charge on any atom is 0.195 e. The van der Waals surface area contributed by atoms with Gasteiger partial charge in [-0.1, -0.05) is 53.7 Å². The van der Waals surface area contributed by atoms with E-state index in [2.05, 4.69) is 48.5 Å². The van der Waals surface area contributed by atoms with Crippen molar-refractivity contribution in [2.45, 2.75) is 109 Å². The molecule has 0 N–H and O–H groups in total. The molecule has 4 rings (SSSR count). The van der Waals surface area contributed by atoms with Gasteiger partial charge in [-0.25, -0.2) is 0 Å². The number of methoxy groups -OCH3 is 3. The minimum atomic E-state index is -2.12. The van der Waals surface area contributed by atoms with Crippen LogP contribution < -0.4 is 14.2 Å². The Balaban J connectivity index is 1.93. The molecule has 1 fully saturated rings. The first-order valence-corrected chi connectivity index (χ1v) is 20.7. The van der Waals surface area contributed by atoms with Gasteiger partial charge in [-0.3, -0.25) is 4.79 Å². The molecule has 1 saturated heterocycles. The highest BCUT2D eigenvalue weighted by atomic mass is 28.4. The van der Waals surface area contributed by atoms with Crippen LogP contribution in [-0.4, -0.2) is 67.7 Å². The third-order valence-electron chi connectivity index (χ3n) is 10.1. The Hall–Kier alpha value is -2.18. The molecule has 0 radical (unpaired) electrons. The second kappa shape index (κ2) is 12.8. The van der Waals surface area contributed by atoms with Gasteiger partial charge in [0, 0.05) is 11.0 Å². The van der Waals surface area contributed by atoms with Crippen LogP contribution in [0.5, 0.6) is 17.2 Å². The van der Waals surface area contributed by atoms with Gasteiger partial charge in [0.2, 0.25) is 0 Å². The summed E-state index contributed by atoms with van der Waals surface area (Å²) in [7, 11) is 0.701. The predicted molar refractivity (Wildman–Crippen MR) is 173 cm³/mol. The Morgan fingerprint density at radius 3 is 1.93 bits per heavy atom. The van der Waals surface area contributed by atoms with E-state index < -0.39 is 28.3 Å². The van der Waals surface area contributed by atoms with Crippen LogP contribution in [0, 0.1) is 0 Å². The number of carbonyl (C=O) groups excluding carboxylic acids is 1. The Kier molecular flexibility index (Phi) is 9.99. The molecule has 2 aromatic rings. The van der Waals surface area contributed by atoms with Crippen molar-refractivity contribution in [3.05, 3.63) is 41.5 Å². The number of fused-ring (bicyclic) bond motifs is 2. The molecule has 9 heteroatoms. The first kappa shape index (κ1) is 32.7. The molecule has 7 nitrogen and oxygen atoms in total. The zero-order valence-corrected chi connectivity index (χ0v) is 29.2. The number of hydrogen-bond donors (Lipinski definition) is 0. The molecule has 0 bridgehead atoms. The highest BCUT2D eigenvalue weighted by molar-refractivity contribution is 6.74. The number of carbonyl (C=O) groups is 1. The van der Waals surface area contributed by atoms with E-state index in [1.165, 1.54) is 0 Å². The highest BCUT2D eigenvalue weighted by Crippen LogP contribution is 2.53. The summed E-state index contributed by atoms with van der Waals surface area (Å²) in [5.74, 6) is 1.49. The molecule has 2 aliphatic rings. The molecule has 0 unspecified atom stereocenters. The van der Waals surface area contributed by atoms with Crippen molar-refractivity contribution in [1.29, 1.82) is 0 Å². The molecule has 1 aliphatic carbocycles. The van der Waals surface area contributed by atoms with E-state index in [0.717, 1.165) is 41.7 Å². The lowest BCUT2D eigenvalue weighted by molar-refractivity contribution is 0.0892. The Labute approximate surface area is 254 Å². The molecule has 0 amide bonds. The third kappa shape index (κ3) is 5.47. The lowest BCUT2D eigenvalue weighted by Crippen LogP contribution is -2.52. The van der Waals surface area contributed by atoms with Gasteiger partial charge in [0.1, 0.15) is 35.1 Å². The van der Waals surface area contributed by atoms with Crippen LogP contribution in [0.4, 0.5) is 0 Å². The van der Waals surface area contributed by atoms with Gasteiger partial charge in [0.25, 0.3) is 0 Å². The van der Waals surface area contributed by atoms with E-state index in [4.69, 9.17) is 27.8 Å². The zero-order chi connectivity index (χ0) is 30.9. The van der Waals surface area contributed by atoms with Gasteiger partial charge >= 0.3 is 0 Å². The first-order valence-electron chi connectivity index (χ1n) is 15.6. The quantitative estimate of drug-likeness (QED) is 0.115. The molecule has 232 valence electrons. The van der Waals surface area contributed by atoms with Crippen LogP contribution in [0.3, 0.4) is 0 Å². The molecule has 42 heavy (non-hydrogen) atoms. The summed E-state index contributed by atoms with van der Waals surface area (Å²) in [5, 5.41) is 1.51. The number of benzene rings is 2. The van der Waals surface area contributed by atoms with Crippen molar-refractivity contribution in [1.82, 2.24) is 0 Å². The van der Waals surface area contributed by atoms with E-state index in [-0.39, 0.29) is 18.0 Å². The highest BCUT2D eigenvalue weighted by Gasteiger charge is 2.67. The fourth-order valence-corrected chi connectivity index (χ4v) is 12.4. The van der Waals surface area contributed by atoms with Crippen molar-refractivity contribution >= 4 is 33.2 Å². The van der Waals surface area contributed by atoms with E-state index in [1.54, 1.807) is 27.4 Å². The molecule has 0 saturated carbocycles. The third-order valence-corrected chi connectivity index (χ3v) is 19.4. The van der Waals surface area contributed by atoms with Crippen molar-refractivity contribution in [2.75, 3.05) is 21.3 Å². The summed E-state index contributed by atoms with van der Waals surface area (Å²) in [6.07, 6.45) is 1.09. The zero-order valence-electron chi connectivity index (χ0n) is 27.2. The van der Waals surface area contributed by atoms with Crippen LogP contribution in [0.25, 0.3) is 10.8 Å².